The van der Waals surface area contributed by atoms with Crippen molar-refractivity contribution in [1.82, 2.24) is 15.0 Å². The van der Waals surface area contributed by atoms with Gasteiger partial charge >= 0.3 is 0 Å². The number of nitrogens with zero attached hydrogens (tertiary/aromatic N) is 4. The van der Waals surface area contributed by atoms with E-state index in [1.165, 1.54) is 17.5 Å². The lowest BCUT2D eigenvalue weighted by molar-refractivity contribution is 1.06. The molecule has 4 rings (SSSR count). The Labute approximate surface area is 158 Å². The van der Waals surface area contributed by atoms with Crippen LogP contribution in [-0.2, 0) is 6.42 Å². The number of hydrogen-bond acceptors (Lipinski definition) is 6. The molecular weight excluding hydrogens is 392 g/mol. The van der Waals surface area contributed by atoms with Crippen molar-refractivity contribution in [2.24, 2.45) is 0 Å². The first-order valence-corrected chi connectivity index (χ1v) is 8.73. The van der Waals surface area contributed by atoms with Crippen LogP contribution in [0, 0.1) is 11.3 Å². The van der Waals surface area contributed by atoms with Crippen LogP contribution >= 0.6 is 15.9 Å². The standard InChI is InChI=1S/C19H13BrN6/c20-17-8-4-13-3-7-15(9-16(13)17)25-19-23-11-22-18(26-19)24-14-5-1-12(10-21)2-6-14/h1-3,5-9,11H,4H2,(H2,22,23,24,25,26). The second-order valence-electron chi connectivity index (χ2n) is 5.70. The molecule has 126 valence electrons. The lowest BCUT2D eigenvalue weighted by Crippen LogP contribution is -2.03. The zero-order valence-electron chi connectivity index (χ0n) is 13.6. The van der Waals surface area contributed by atoms with Gasteiger partial charge in [-0.15, -0.1) is 0 Å². The average Bonchev–Trinajstić information content (AvgIpc) is 3.03. The maximum absolute atomic E-state index is 8.85. The number of fused-ring (bicyclic) bond motifs is 1. The zero-order chi connectivity index (χ0) is 17.9. The van der Waals surface area contributed by atoms with Crippen LogP contribution in [0.25, 0.3) is 4.48 Å². The summed E-state index contributed by atoms with van der Waals surface area (Å²) in [5, 5.41) is 15.2. The predicted octanol–water partition coefficient (Wildman–Crippen LogP) is 4.52. The highest BCUT2D eigenvalue weighted by Gasteiger charge is 2.12. The molecule has 0 unspecified atom stereocenters. The minimum Gasteiger partial charge on any atom is -0.324 e. The predicted molar refractivity (Wildman–Crippen MR) is 105 cm³/mol. The fourth-order valence-corrected chi connectivity index (χ4v) is 3.20. The van der Waals surface area contributed by atoms with Gasteiger partial charge in [0, 0.05) is 15.9 Å². The molecule has 3 aromatic rings. The fourth-order valence-electron chi connectivity index (χ4n) is 2.67. The molecule has 0 radical (unpaired) electrons. The Morgan fingerprint density at radius 3 is 2.38 bits per heavy atom. The average molecular weight is 405 g/mol. The molecule has 1 aliphatic rings. The number of rotatable bonds is 4. The van der Waals surface area contributed by atoms with Crippen LogP contribution in [-0.4, -0.2) is 15.0 Å². The molecule has 1 aromatic heterocycles. The van der Waals surface area contributed by atoms with Crippen LogP contribution in [0.1, 0.15) is 16.7 Å². The zero-order valence-corrected chi connectivity index (χ0v) is 15.2. The van der Waals surface area contributed by atoms with Crippen molar-refractivity contribution in [3.63, 3.8) is 0 Å². The number of anilines is 4. The van der Waals surface area contributed by atoms with Gasteiger partial charge in [-0.25, -0.2) is 9.97 Å². The summed E-state index contributed by atoms with van der Waals surface area (Å²) >= 11 is 3.58. The summed E-state index contributed by atoms with van der Waals surface area (Å²) in [7, 11) is 0. The summed E-state index contributed by atoms with van der Waals surface area (Å²) in [4.78, 5) is 12.7. The molecule has 0 aliphatic heterocycles. The topological polar surface area (TPSA) is 86.5 Å². The van der Waals surface area contributed by atoms with Crippen LogP contribution in [0.15, 0.2) is 54.9 Å². The van der Waals surface area contributed by atoms with Gasteiger partial charge in [-0.1, -0.05) is 28.1 Å². The fraction of sp³-hybridized carbons (Fsp3) is 0.0526. The summed E-state index contributed by atoms with van der Waals surface area (Å²) in [5.41, 5.74) is 4.78. The summed E-state index contributed by atoms with van der Waals surface area (Å²) < 4.78 is 1.11. The molecule has 2 aromatic carbocycles. The third kappa shape index (κ3) is 3.41. The molecule has 0 spiro atoms. The van der Waals surface area contributed by atoms with Gasteiger partial charge in [-0.2, -0.15) is 10.2 Å². The number of hydrogen-bond donors (Lipinski definition) is 2. The monoisotopic (exact) mass is 404 g/mol. The van der Waals surface area contributed by atoms with E-state index in [1.807, 2.05) is 6.07 Å². The van der Waals surface area contributed by atoms with E-state index in [4.69, 9.17) is 5.26 Å². The molecule has 0 bridgehead atoms. The highest BCUT2D eigenvalue weighted by Crippen LogP contribution is 2.34. The highest BCUT2D eigenvalue weighted by atomic mass is 79.9. The second kappa shape index (κ2) is 6.94. The van der Waals surface area contributed by atoms with Crippen molar-refractivity contribution in [2.45, 2.75) is 6.42 Å². The van der Waals surface area contributed by atoms with E-state index in [9.17, 15) is 0 Å². The maximum atomic E-state index is 8.85. The van der Waals surface area contributed by atoms with Crippen LogP contribution in [0.4, 0.5) is 23.3 Å². The Balaban J connectivity index is 1.52. The number of benzene rings is 2. The van der Waals surface area contributed by atoms with Crippen molar-refractivity contribution >= 4 is 43.7 Å². The molecule has 26 heavy (non-hydrogen) atoms. The molecule has 0 saturated heterocycles. The number of nitriles is 1. The molecule has 0 fully saturated rings. The van der Waals surface area contributed by atoms with E-state index in [2.05, 4.69) is 65.8 Å². The molecule has 0 saturated carbocycles. The van der Waals surface area contributed by atoms with E-state index in [0.717, 1.165) is 22.3 Å². The molecule has 0 amide bonds. The summed E-state index contributed by atoms with van der Waals surface area (Å²) in [6, 6.07) is 15.3. The van der Waals surface area contributed by atoms with E-state index < -0.39 is 0 Å². The Morgan fingerprint density at radius 1 is 0.962 bits per heavy atom. The maximum Gasteiger partial charge on any atom is 0.232 e. The van der Waals surface area contributed by atoms with E-state index in [0.29, 0.717) is 17.5 Å². The van der Waals surface area contributed by atoms with Gasteiger partial charge in [-0.05, 0) is 53.9 Å². The third-order valence-electron chi connectivity index (χ3n) is 3.97. The molecule has 1 heterocycles. The smallest absolute Gasteiger partial charge is 0.232 e. The van der Waals surface area contributed by atoms with Crippen molar-refractivity contribution in [1.29, 1.82) is 5.26 Å². The number of aromatic nitrogens is 3. The van der Waals surface area contributed by atoms with Gasteiger partial charge < -0.3 is 10.6 Å². The van der Waals surface area contributed by atoms with Gasteiger partial charge in [0.15, 0.2) is 0 Å². The van der Waals surface area contributed by atoms with Gasteiger partial charge in [0.2, 0.25) is 11.9 Å². The third-order valence-corrected chi connectivity index (χ3v) is 4.72. The Bertz CT molecular complexity index is 1040. The number of allylic oxidation sites excluding steroid dienone is 1. The first-order chi connectivity index (χ1) is 12.7. The Morgan fingerprint density at radius 2 is 1.65 bits per heavy atom. The van der Waals surface area contributed by atoms with Gasteiger partial charge in [-0.3, -0.25) is 0 Å². The van der Waals surface area contributed by atoms with Gasteiger partial charge in [0.25, 0.3) is 0 Å². The molecule has 7 heteroatoms. The minimum atomic E-state index is 0.425. The SMILES string of the molecule is N#Cc1ccc(Nc2ncnc(Nc3ccc4c(c3)C(Br)=CC4)n2)cc1. The van der Waals surface area contributed by atoms with E-state index in [1.54, 1.807) is 24.3 Å². The van der Waals surface area contributed by atoms with Crippen molar-refractivity contribution in [2.75, 3.05) is 10.6 Å². The number of nitrogens with one attached hydrogen (secondary N) is 2. The molecule has 6 nitrogen and oxygen atoms in total. The van der Waals surface area contributed by atoms with Gasteiger partial charge in [0.1, 0.15) is 6.33 Å². The number of halogens is 1. The first-order valence-electron chi connectivity index (χ1n) is 7.93. The summed E-state index contributed by atoms with van der Waals surface area (Å²) in [5.74, 6) is 0.878. The normalized spacial score (nSPS) is 12.1. The van der Waals surface area contributed by atoms with Crippen LogP contribution in [0.5, 0.6) is 0 Å². The van der Waals surface area contributed by atoms with E-state index in [-0.39, 0.29) is 0 Å². The van der Waals surface area contributed by atoms with Crippen LogP contribution in [0.3, 0.4) is 0 Å². The quantitative estimate of drug-likeness (QED) is 0.664. The molecule has 1 aliphatic carbocycles. The lowest BCUT2D eigenvalue weighted by Gasteiger charge is -2.09. The summed E-state index contributed by atoms with van der Waals surface area (Å²) in [6.45, 7) is 0. The highest BCUT2D eigenvalue weighted by molar-refractivity contribution is 9.15. The van der Waals surface area contributed by atoms with Crippen molar-refractivity contribution in [3.8, 4) is 6.07 Å². The minimum absolute atomic E-state index is 0.425. The largest absolute Gasteiger partial charge is 0.324 e. The Hall–Kier alpha value is -3.24. The lowest BCUT2D eigenvalue weighted by atomic mass is 10.1. The van der Waals surface area contributed by atoms with E-state index >= 15 is 0 Å². The Kier molecular flexibility index (Phi) is 4.33. The van der Waals surface area contributed by atoms with Crippen LogP contribution < -0.4 is 10.6 Å². The van der Waals surface area contributed by atoms with Crippen molar-refractivity contribution in [3.05, 3.63) is 71.6 Å². The molecule has 0 atom stereocenters. The van der Waals surface area contributed by atoms with Crippen molar-refractivity contribution < 1.29 is 0 Å². The molecular formula is C19H13BrN6. The van der Waals surface area contributed by atoms with Crippen LogP contribution in [0.2, 0.25) is 0 Å². The summed E-state index contributed by atoms with van der Waals surface area (Å²) in [6.07, 6.45) is 4.54. The molecule has 2 N–H and O–H groups in total. The second-order valence-corrected chi connectivity index (χ2v) is 6.55. The first kappa shape index (κ1) is 16.2. The van der Waals surface area contributed by atoms with Gasteiger partial charge in [0.05, 0.1) is 11.6 Å².